The maximum atomic E-state index is 12.6. The molecule has 1 fully saturated rings. The number of nitrogens with zero attached hydrogens (tertiary/aromatic N) is 2. The Morgan fingerprint density at radius 2 is 2.06 bits per heavy atom. The molecule has 2 aliphatic rings. The molecule has 0 bridgehead atoms. The van der Waals surface area contributed by atoms with E-state index in [9.17, 15) is 9.59 Å². The van der Waals surface area contributed by atoms with Crippen LogP contribution in [0.2, 0.25) is 0 Å². The predicted molar refractivity (Wildman–Crippen MR) is 123 cm³/mol. The van der Waals surface area contributed by atoms with Gasteiger partial charge in [-0.1, -0.05) is 6.07 Å². The van der Waals surface area contributed by atoms with E-state index in [4.69, 9.17) is 14.2 Å². The normalized spacial score (nSPS) is 16.9. The number of thioether (sulfide) groups is 1. The predicted octanol–water partition coefficient (Wildman–Crippen LogP) is 2.58. The van der Waals surface area contributed by atoms with Crippen molar-refractivity contribution in [3.05, 3.63) is 57.5 Å². The number of carbonyl (C=O) groups is 1. The van der Waals surface area contributed by atoms with Crippen LogP contribution in [0.5, 0.6) is 11.5 Å². The zero-order valence-corrected chi connectivity index (χ0v) is 19.0. The minimum absolute atomic E-state index is 0.0319. The summed E-state index contributed by atoms with van der Waals surface area (Å²) >= 11 is 2.87. The van der Waals surface area contributed by atoms with Crippen molar-refractivity contribution in [2.24, 2.45) is 0 Å². The Bertz CT molecular complexity index is 1190. The Labute approximate surface area is 192 Å². The quantitative estimate of drug-likeness (QED) is 0.564. The molecule has 8 nitrogen and oxygen atoms in total. The number of fused-ring (bicyclic) bond motifs is 2. The first-order chi connectivity index (χ1) is 15.6. The summed E-state index contributed by atoms with van der Waals surface area (Å²) in [6.45, 7) is 2.09. The third kappa shape index (κ3) is 4.35. The van der Waals surface area contributed by atoms with Gasteiger partial charge in [0.1, 0.15) is 0 Å². The molecule has 2 aromatic heterocycles. The molecule has 0 unspecified atom stereocenters. The van der Waals surface area contributed by atoms with E-state index in [2.05, 4.69) is 16.4 Å². The third-order valence-corrected chi connectivity index (χ3v) is 7.62. The first-order valence-corrected chi connectivity index (χ1v) is 12.4. The van der Waals surface area contributed by atoms with Crippen LogP contribution >= 0.6 is 23.1 Å². The minimum Gasteiger partial charge on any atom is -0.454 e. The molecule has 2 aliphatic heterocycles. The number of aromatic nitrogens is 2. The Kier molecular flexibility index (Phi) is 6.07. The maximum absolute atomic E-state index is 12.6. The van der Waals surface area contributed by atoms with Crippen LogP contribution in [0.3, 0.4) is 0 Å². The second kappa shape index (κ2) is 9.13. The largest absolute Gasteiger partial charge is 0.454 e. The molecule has 168 valence electrons. The van der Waals surface area contributed by atoms with Gasteiger partial charge in [-0.3, -0.25) is 14.0 Å². The molecule has 0 atom stereocenters. The second-order valence-electron chi connectivity index (χ2n) is 7.87. The van der Waals surface area contributed by atoms with Crippen LogP contribution in [0.4, 0.5) is 0 Å². The highest BCUT2D eigenvalue weighted by Crippen LogP contribution is 2.40. The van der Waals surface area contributed by atoms with Gasteiger partial charge < -0.3 is 19.5 Å². The lowest BCUT2D eigenvalue weighted by Crippen LogP contribution is -2.45. The van der Waals surface area contributed by atoms with Gasteiger partial charge in [0, 0.05) is 48.6 Å². The number of rotatable bonds is 7. The molecule has 1 amide bonds. The Morgan fingerprint density at radius 3 is 2.94 bits per heavy atom. The average molecular weight is 474 g/mol. The Hall–Kier alpha value is -2.56. The van der Waals surface area contributed by atoms with Crippen LogP contribution in [0, 0.1) is 0 Å². The van der Waals surface area contributed by atoms with Gasteiger partial charge >= 0.3 is 0 Å². The van der Waals surface area contributed by atoms with E-state index in [1.54, 1.807) is 6.20 Å². The molecule has 0 spiro atoms. The van der Waals surface area contributed by atoms with Crippen molar-refractivity contribution in [3.8, 4) is 11.5 Å². The highest BCUT2D eigenvalue weighted by Gasteiger charge is 2.36. The summed E-state index contributed by atoms with van der Waals surface area (Å²) in [5.74, 6) is 2.29. The molecule has 0 radical (unpaired) electrons. The van der Waals surface area contributed by atoms with E-state index in [0.29, 0.717) is 41.9 Å². The molecule has 1 saturated heterocycles. The van der Waals surface area contributed by atoms with Crippen molar-refractivity contribution in [2.75, 3.05) is 32.3 Å². The fraction of sp³-hybridized carbons (Fsp3) is 0.409. The Balaban J connectivity index is 1.20. The van der Waals surface area contributed by atoms with E-state index in [0.717, 1.165) is 29.9 Å². The molecule has 10 heteroatoms. The van der Waals surface area contributed by atoms with Crippen molar-refractivity contribution in [2.45, 2.75) is 24.0 Å². The molecular formula is C22H23N3O5S2. The summed E-state index contributed by atoms with van der Waals surface area (Å²) in [6.07, 6.45) is 3.37. The number of hydrogen-bond acceptors (Lipinski definition) is 8. The highest BCUT2D eigenvalue weighted by atomic mass is 32.2. The Morgan fingerprint density at radius 1 is 1.22 bits per heavy atom. The number of hydrogen-bond donors (Lipinski definition) is 1. The standard InChI is InChI=1S/C22H23N3O5S2/c26-19(12-31-11-16-10-20(27)25-5-8-32-21(25)24-16)23-13-22(3-6-28-7-4-22)15-1-2-17-18(9-15)30-14-29-17/h1-2,5,8-10H,3-4,6-7,11-14H2,(H,23,26). The summed E-state index contributed by atoms with van der Waals surface area (Å²) in [6, 6.07) is 7.55. The van der Waals surface area contributed by atoms with Crippen LogP contribution in [-0.2, 0) is 20.7 Å². The monoisotopic (exact) mass is 473 g/mol. The lowest BCUT2D eigenvalue weighted by Gasteiger charge is -2.38. The summed E-state index contributed by atoms with van der Waals surface area (Å²) < 4.78 is 18.1. The van der Waals surface area contributed by atoms with E-state index >= 15 is 0 Å². The summed E-state index contributed by atoms with van der Waals surface area (Å²) in [7, 11) is 0. The van der Waals surface area contributed by atoms with Crippen LogP contribution < -0.4 is 20.3 Å². The van der Waals surface area contributed by atoms with Crippen LogP contribution in [0.1, 0.15) is 24.1 Å². The molecule has 1 N–H and O–H groups in total. The van der Waals surface area contributed by atoms with Crippen molar-refractivity contribution < 1.29 is 19.0 Å². The first-order valence-electron chi connectivity index (χ1n) is 10.4. The fourth-order valence-electron chi connectivity index (χ4n) is 4.08. The van der Waals surface area contributed by atoms with Crippen LogP contribution in [0.15, 0.2) is 40.6 Å². The fourth-order valence-corrected chi connectivity index (χ4v) is 5.57. The summed E-state index contributed by atoms with van der Waals surface area (Å²) in [5, 5.41) is 4.94. The molecular weight excluding hydrogens is 450 g/mol. The number of carbonyl (C=O) groups excluding carboxylic acids is 1. The van der Waals surface area contributed by atoms with Gasteiger partial charge in [-0.15, -0.1) is 23.1 Å². The van der Waals surface area contributed by atoms with E-state index < -0.39 is 0 Å². The SMILES string of the molecule is O=C(CSCc1cc(=O)n2ccsc2n1)NCC1(c2ccc3c(c2)OCO3)CCOCC1. The summed E-state index contributed by atoms with van der Waals surface area (Å²) in [5.41, 5.74) is 1.53. The minimum atomic E-state index is -0.194. The van der Waals surface area contributed by atoms with Gasteiger partial charge in [0.25, 0.3) is 5.56 Å². The van der Waals surface area contributed by atoms with Crippen molar-refractivity contribution in [3.63, 3.8) is 0 Å². The smallest absolute Gasteiger partial charge is 0.258 e. The highest BCUT2D eigenvalue weighted by molar-refractivity contribution is 7.99. The van der Waals surface area contributed by atoms with E-state index in [1.165, 1.54) is 33.6 Å². The molecule has 0 saturated carbocycles. The second-order valence-corrected chi connectivity index (χ2v) is 9.73. The molecule has 3 aromatic rings. The summed E-state index contributed by atoms with van der Waals surface area (Å²) in [4.78, 5) is 29.8. The number of benzene rings is 1. The molecule has 4 heterocycles. The average Bonchev–Trinajstić information content (AvgIpc) is 3.47. The van der Waals surface area contributed by atoms with Gasteiger partial charge in [0.05, 0.1) is 11.4 Å². The van der Waals surface area contributed by atoms with Gasteiger partial charge in [0.15, 0.2) is 16.5 Å². The zero-order chi connectivity index (χ0) is 22.0. The number of thiazole rings is 1. The third-order valence-electron chi connectivity index (χ3n) is 5.90. The van der Waals surface area contributed by atoms with E-state index in [1.807, 2.05) is 17.5 Å². The van der Waals surface area contributed by atoms with Gasteiger partial charge in [-0.25, -0.2) is 4.98 Å². The van der Waals surface area contributed by atoms with Crippen molar-refractivity contribution in [1.82, 2.24) is 14.7 Å². The van der Waals surface area contributed by atoms with Crippen LogP contribution in [-0.4, -0.2) is 47.6 Å². The lowest BCUT2D eigenvalue weighted by atomic mass is 9.74. The topological polar surface area (TPSA) is 91.2 Å². The number of nitrogens with one attached hydrogen (secondary N) is 1. The lowest BCUT2D eigenvalue weighted by molar-refractivity contribution is -0.119. The zero-order valence-electron chi connectivity index (χ0n) is 17.4. The van der Waals surface area contributed by atoms with Crippen molar-refractivity contribution >= 4 is 34.0 Å². The number of amides is 1. The first kappa shape index (κ1) is 21.3. The molecule has 5 rings (SSSR count). The molecule has 1 aromatic carbocycles. The van der Waals surface area contributed by atoms with Gasteiger partial charge in [-0.2, -0.15) is 0 Å². The van der Waals surface area contributed by atoms with Gasteiger partial charge in [0.2, 0.25) is 12.7 Å². The van der Waals surface area contributed by atoms with Crippen molar-refractivity contribution in [1.29, 1.82) is 0 Å². The molecule has 32 heavy (non-hydrogen) atoms. The van der Waals surface area contributed by atoms with Crippen LogP contribution in [0.25, 0.3) is 4.96 Å². The number of ether oxygens (including phenoxy) is 3. The van der Waals surface area contributed by atoms with Gasteiger partial charge in [-0.05, 0) is 30.5 Å². The maximum Gasteiger partial charge on any atom is 0.258 e. The van der Waals surface area contributed by atoms with E-state index in [-0.39, 0.29) is 23.7 Å². The molecule has 0 aliphatic carbocycles.